The molecule has 1 aliphatic rings. The van der Waals surface area contributed by atoms with Crippen molar-refractivity contribution in [1.82, 2.24) is 0 Å². The van der Waals surface area contributed by atoms with Gasteiger partial charge in [0.1, 0.15) is 0 Å². The average molecular weight is 266 g/mol. The van der Waals surface area contributed by atoms with E-state index in [2.05, 4.69) is 0 Å². The van der Waals surface area contributed by atoms with E-state index in [1.807, 2.05) is 21.2 Å². The van der Waals surface area contributed by atoms with Crippen molar-refractivity contribution < 1.29 is 13.0 Å². The van der Waals surface area contributed by atoms with Gasteiger partial charge >= 0.3 is 0 Å². The van der Waals surface area contributed by atoms with Gasteiger partial charge < -0.3 is 4.18 Å². The van der Waals surface area contributed by atoms with Crippen LogP contribution in [0.3, 0.4) is 0 Å². The van der Waals surface area contributed by atoms with Crippen molar-refractivity contribution in [2.75, 3.05) is 0 Å². The highest BCUT2D eigenvalue weighted by Gasteiger charge is 2.46. The first-order valence-electron chi connectivity index (χ1n) is 2.46. The predicted molar refractivity (Wildman–Crippen MR) is 40.7 cm³/mol. The van der Waals surface area contributed by atoms with E-state index in [0.717, 1.165) is 9.21 Å². The van der Waals surface area contributed by atoms with Gasteiger partial charge in [-0.1, -0.05) is 0 Å². The fraction of sp³-hybridized carbons (Fsp3) is 1.00. The van der Waals surface area contributed by atoms with Gasteiger partial charge in [0.05, 0.1) is 15.3 Å². The lowest BCUT2D eigenvalue weighted by molar-refractivity contribution is -0.129. The van der Waals surface area contributed by atoms with Crippen molar-refractivity contribution in [3.05, 3.63) is 0 Å². The highest BCUT2D eigenvalue weighted by atomic mass is 127. The second kappa shape index (κ2) is 2.87. The number of alkyl halides is 2. The molecule has 1 rings (SSSR count). The summed E-state index contributed by atoms with van der Waals surface area (Å²) in [6.07, 6.45) is -0.437. The quantitative estimate of drug-likeness (QED) is 0.561. The van der Waals surface area contributed by atoms with E-state index in [0.29, 0.717) is 0 Å². The number of hydrogen-bond acceptors (Lipinski definition) is 2. The second-order valence-corrected chi connectivity index (χ2v) is 3.44. The van der Waals surface area contributed by atoms with Crippen molar-refractivity contribution in [3.63, 3.8) is 0 Å². The zero-order valence-electron chi connectivity index (χ0n) is 4.44. The molecule has 0 atom stereocenters. The Kier molecular flexibility index (Phi) is 2.56. The van der Waals surface area contributed by atoms with E-state index in [1.54, 1.807) is 0 Å². The monoisotopic (exact) mass is 266 g/mol. The van der Waals surface area contributed by atoms with Crippen LogP contribution in [0.4, 0.5) is 8.78 Å². The third-order valence-electron chi connectivity index (χ3n) is 1.23. The topological polar surface area (TPSA) is 9.23 Å². The fourth-order valence-corrected chi connectivity index (χ4v) is 1.85. The van der Waals surface area contributed by atoms with E-state index >= 15 is 0 Å². The summed E-state index contributed by atoms with van der Waals surface area (Å²) in [5, 5.41) is 0. The first-order valence-corrected chi connectivity index (χ1v) is 5.74. The first kappa shape index (κ1) is 8.00. The predicted octanol–water partition coefficient (Wildman–Crippen LogP) is 2.80. The smallest absolute Gasteiger partial charge is 0.253 e. The van der Waals surface area contributed by atoms with Crippen LogP contribution in [-0.4, -0.2) is 12.0 Å². The Morgan fingerprint density at radius 1 is 1.56 bits per heavy atom. The van der Waals surface area contributed by atoms with Crippen LogP contribution in [0.2, 0.25) is 0 Å². The average Bonchev–Trinajstić information content (AvgIpc) is 1.62. The second-order valence-electron chi connectivity index (χ2n) is 2.05. The largest absolute Gasteiger partial charge is 0.302 e. The normalized spacial score (nSPS) is 25.7. The molecule has 0 spiro atoms. The minimum absolute atomic E-state index is 0.108. The van der Waals surface area contributed by atoms with Crippen LogP contribution in [-0.2, 0) is 4.18 Å². The molecule has 0 aliphatic heterocycles. The third-order valence-corrected chi connectivity index (χ3v) is 2.19. The van der Waals surface area contributed by atoms with E-state index in [-0.39, 0.29) is 18.9 Å². The molecule has 5 heteroatoms. The molecule has 1 aliphatic carbocycles. The van der Waals surface area contributed by atoms with Gasteiger partial charge in [-0.3, -0.25) is 0 Å². The molecule has 0 heterocycles. The van der Waals surface area contributed by atoms with Gasteiger partial charge in [-0.05, 0) is 0 Å². The summed E-state index contributed by atoms with van der Waals surface area (Å²) in [7, 11) is 1.12. The van der Waals surface area contributed by atoms with Gasteiger partial charge in [0.25, 0.3) is 5.92 Å². The lowest BCUT2D eigenvalue weighted by Gasteiger charge is -2.32. The molecule has 0 unspecified atom stereocenters. The first-order chi connectivity index (χ1) is 4.14. The number of rotatable bonds is 2. The van der Waals surface area contributed by atoms with E-state index in [9.17, 15) is 8.78 Å². The van der Waals surface area contributed by atoms with Gasteiger partial charge in [-0.15, -0.1) is 0 Å². The Hall–Kier alpha value is 0.900. The molecule has 54 valence electrons. The Labute approximate surface area is 68.3 Å². The molecule has 1 nitrogen and oxygen atoms in total. The molecular weight excluding hydrogens is 261 g/mol. The Balaban J connectivity index is 2.12. The maximum Gasteiger partial charge on any atom is 0.253 e. The summed E-state index contributed by atoms with van der Waals surface area (Å²) in [5.74, 6) is -2.45. The summed E-state index contributed by atoms with van der Waals surface area (Å²) in [6.45, 7) is 0. The molecule has 1 saturated carbocycles. The zero-order valence-corrected chi connectivity index (χ0v) is 7.42. The van der Waals surface area contributed by atoms with Crippen LogP contribution in [0.25, 0.3) is 0 Å². The molecular formula is C4H5F2IOS. The Morgan fingerprint density at radius 3 is 2.44 bits per heavy atom. The summed E-state index contributed by atoms with van der Waals surface area (Å²) in [6, 6.07) is 0. The maximum absolute atomic E-state index is 12.0. The van der Waals surface area contributed by atoms with Crippen molar-refractivity contribution in [3.8, 4) is 0 Å². The Morgan fingerprint density at radius 2 is 2.11 bits per heavy atom. The molecule has 0 bridgehead atoms. The molecule has 0 aromatic rings. The van der Waals surface area contributed by atoms with Crippen molar-refractivity contribution in [1.29, 1.82) is 0 Å². The molecule has 0 saturated heterocycles. The van der Waals surface area contributed by atoms with Crippen LogP contribution in [0.15, 0.2) is 0 Å². The molecule has 1 fully saturated rings. The maximum atomic E-state index is 12.0. The minimum Gasteiger partial charge on any atom is -0.302 e. The van der Waals surface area contributed by atoms with Gasteiger partial charge in [-0.2, -0.15) is 0 Å². The summed E-state index contributed by atoms with van der Waals surface area (Å²) in [4.78, 5) is 0. The van der Waals surface area contributed by atoms with Crippen molar-refractivity contribution in [2.45, 2.75) is 24.9 Å². The molecule has 0 N–H and O–H groups in total. The van der Waals surface area contributed by atoms with Crippen LogP contribution >= 0.6 is 30.4 Å². The van der Waals surface area contributed by atoms with Crippen LogP contribution in [0, 0.1) is 0 Å². The molecule has 9 heavy (non-hydrogen) atoms. The number of hydrogen-bond donors (Lipinski definition) is 0. The Bertz CT molecular complexity index is 103. The van der Waals surface area contributed by atoms with Crippen LogP contribution in [0.1, 0.15) is 12.8 Å². The SMILES string of the molecule is FC1(F)CC(OSI)C1. The van der Waals surface area contributed by atoms with Gasteiger partial charge in [0.2, 0.25) is 0 Å². The molecule has 0 aromatic heterocycles. The fourth-order valence-electron chi connectivity index (χ4n) is 0.726. The summed E-state index contributed by atoms with van der Waals surface area (Å²) < 4.78 is 28.9. The molecule has 0 amide bonds. The van der Waals surface area contributed by atoms with E-state index in [4.69, 9.17) is 4.18 Å². The number of halogens is 3. The highest BCUT2D eigenvalue weighted by Crippen LogP contribution is 2.41. The molecule has 0 aromatic carbocycles. The van der Waals surface area contributed by atoms with E-state index in [1.165, 1.54) is 0 Å². The zero-order chi connectivity index (χ0) is 6.91. The standard InChI is InChI=1S/C4H5F2IOS/c5-4(6)1-3(2-4)8-9-7/h3H,1-2H2. The highest BCUT2D eigenvalue weighted by molar-refractivity contribution is 14.2. The lowest BCUT2D eigenvalue weighted by Crippen LogP contribution is -2.39. The van der Waals surface area contributed by atoms with Gasteiger partial charge in [0, 0.05) is 34.0 Å². The molecule has 0 radical (unpaired) electrons. The minimum atomic E-state index is -2.45. The summed E-state index contributed by atoms with van der Waals surface area (Å²) >= 11 is 1.92. The van der Waals surface area contributed by atoms with Gasteiger partial charge in [0.15, 0.2) is 0 Å². The summed E-state index contributed by atoms with van der Waals surface area (Å²) in [5.41, 5.74) is 0. The van der Waals surface area contributed by atoms with Crippen LogP contribution < -0.4 is 0 Å². The van der Waals surface area contributed by atoms with E-state index < -0.39 is 5.92 Å². The third kappa shape index (κ3) is 2.19. The van der Waals surface area contributed by atoms with Crippen molar-refractivity contribution >= 4 is 30.4 Å². The van der Waals surface area contributed by atoms with Gasteiger partial charge in [-0.25, -0.2) is 8.78 Å². The van der Waals surface area contributed by atoms with Crippen LogP contribution in [0.5, 0.6) is 0 Å². The van der Waals surface area contributed by atoms with Crippen molar-refractivity contribution in [2.24, 2.45) is 0 Å². The lowest BCUT2D eigenvalue weighted by atomic mass is 9.91.